The van der Waals surface area contributed by atoms with Crippen LogP contribution in [0.1, 0.15) is 24.2 Å². The van der Waals surface area contributed by atoms with Crippen molar-refractivity contribution in [1.29, 1.82) is 0 Å². The lowest BCUT2D eigenvalue weighted by molar-refractivity contribution is -0.385. The molecule has 0 aliphatic rings. The molecule has 0 radical (unpaired) electrons. The monoisotopic (exact) mass is 296 g/mol. The summed E-state index contributed by atoms with van der Waals surface area (Å²) >= 11 is 0. The molecule has 114 valence electrons. The van der Waals surface area contributed by atoms with Crippen molar-refractivity contribution in [2.45, 2.75) is 19.9 Å². The van der Waals surface area contributed by atoms with Crippen LogP contribution >= 0.6 is 0 Å². The summed E-state index contributed by atoms with van der Waals surface area (Å²) in [6.45, 7) is 2.99. The Morgan fingerprint density at radius 2 is 2.05 bits per heavy atom. The van der Waals surface area contributed by atoms with Crippen molar-refractivity contribution < 1.29 is 24.4 Å². The van der Waals surface area contributed by atoms with Crippen LogP contribution in [0.2, 0.25) is 0 Å². The zero-order valence-corrected chi connectivity index (χ0v) is 11.9. The summed E-state index contributed by atoms with van der Waals surface area (Å²) in [6.07, 6.45) is 0. The van der Waals surface area contributed by atoms with Crippen molar-refractivity contribution in [3.63, 3.8) is 0 Å². The molecule has 1 N–H and O–H groups in total. The van der Waals surface area contributed by atoms with Gasteiger partial charge in [-0.2, -0.15) is 0 Å². The molecule has 21 heavy (non-hydrogen) atoms. The zero-order chi connectivity index (χ0) is 16.2. The minimum Gasteiger partial charge on any atom is -0.508 e. The summed E-state index contributed by atoms with van der Waals surface area (Å²) < 4.78 is 4.50. The van der Waals surface area contributed by atoms with Crippen LogP contribution in [-0.2, 0) is 9.53 Å². The third-order valence-electron chi connectivity index (χ3n) is 2.82. The van der Waals surface area contributed by atoms with Gasteiger partial charge in [0.2, 0.25) is 0 Å². The normalized spacial score (nSPS) is 10.3. The van der Waals surface area contributed by atoms with Crippen LogP contribution in [-0.4, -0.2) is 46.5 Å². The van der Waals surface area contributed by atoms with Gasteiger partial charge in [0.1, 0.15) is 17.9 Å². The van der Waals surface area contributed by atoms with E-state index in [0.717, 1.165) is 23.1 Å². The number of carbonyl (C=O) groups excluding carboxylic acids is 2. The van der Waals surface area contributed by atoms with Crippen LogP contribution in [0, 0.1) is 10.1 Å². The van der Waals surface area contributed by atoms with Crippen molar-refractivity contribution in [3.05, 3.63) is 33.9 Å². The molecular weight excluding hydrogens is 280 g/mol. The highest BCUT2D eigenvalue weighted by molar-refractivity contribution is 6.00. The number of rotatable bonds is 5. The van der Waals surface area contributed by atoms with Crippen LogP contribution in [0.3, 0.4) is 0 Å². The Labute approximate surface area is 121 Å². The lowest BCUT2D eigenvalue weighted by Crippen LogP contribution is -2.41. The second-order valence-electron chi connectivity index (χ2n) is 4.56. The molecule has 1 aromatic carbocycles. The third kappa shape index (κ3) is 3.91. The van der Waals surface area contributed by atoms with E-state index in [1.165, 1.54) is 7.11 Å². The molecule has 0 heterocycles. The number of ether oxygens (including phenoxy) is 1. The van der Waals surface area contributed by atoms with Crippen LogP contribution in [0.15, 0.2) is 18.2 Å². The predicted molar refractivity (Wildman–Crippen MR) is 72.9 cm³/mol. The Hall–Kier alpha value is -2.64. The van der Waals surface area contributed by atoms with Crippen molar-refractivity contribution in [2.24, 2.45) is 0 Å². The van der Waals surface area contributed by atoms with Crippen LogP contribution in [0.25, 0.3) is 0 Å². The average molecular weight is 296 g/mol. The van der Waals surface area contributed by atoms with Crippen molar-refractivity contribution in [1.82, 2.24) is 4.90 Å². The average Bonchev–Trinajstić information content (AvgIpc) is 2.42. The first-order valence-electron chi connectivity index (χ1n) is 6.13. The Morgan fingerprint density at radius 1 is 1.43 bits per heavy atom. The molecule has 0 saturated heterocycles. The quantitative estimate of drug-likeness (QED) is 0.498. The summed E-state index contributed by atoms with van der Waals surface area (Å²) in [4.78, 5) is 35.2. The topological polar surface area (TPSA) is 110 Å². The van der Waals surface area contributed by atoms with Crippen molar-refractivity contribution in [2.75, 3.05) is 13.7 Å². The van der Waals surface area contributed by atoms with Gasteiger partial charge in [0.25, 0.3) is 11.6 Å². The number of nitrogens with zero attached hydrogens (tertiary/aromatic N) is 2. The van der Waals surface area contributed by atoms with E-state index in [1.54, 1.807) is 13.8 Å². The van der Waals surface area contributed by atoms with Gasteiger partial charge in [-0.15, -0.1) is 0 Å². The fraction of sp³-hybridized carbons (Fsp3) is 0.385. The molecule has 1 aromatic rings. The molecule has 1 rings (SSSR count). The number of methoxy groups -OCH3 is 1. The summed E-state index contributed by atoms with van der Waals surface area (Å²) in [5.74, 6) is -1.64. The molecule has 0 atom stereocenters. The Balaban J connectivity index is 3.23. The molecule has 0 saturated carbocycles. The molecule has 8 heteroatoms. The Kier molecular flexibility index (Phi) is 5.23. The van der Waals surface area contributed by atoms with Gasteiger partial charge < -0.3 is 14.7 Å². The number of amides is 1. The zero-order valence-electron chi connectivity index (χ0n) is 11.9. The Bertz CT molecular complexity index is 570. The number of nitro groups is 1. The highest BCUT2D eigenvalue weighted by Crippen LogP contribution is 2.25. The van der Waals surface area contributed by atoms with E-state index in [9.17, 15) is 24.8 Å². The number of nitro benzene ring substituents is 1. The molecule has 0 spiro atoms. The van der Waals surface area contributed by atoms with Gasteiger partial charge in [-0.3, -0.25) is 19.7 Å². The van der Waals surface area contributed by atoms with Gasteiger partial charge in [-0.05, 0) is 26.0 Å². The van der Waals surface area contributed by atoms with E-state index >= 15 is 0 Å². The first-order chi connectivity index (χ1) is 9.77. The number of benzene rings is 1. The van der Waals surface area contributed by atoms with E-state index in [4.69, 9.17) is 0 Å². The molecule has 0 bridgehead atoms. The number of phenols is 1. The fourth-order valence-electron chi connectivity index (χ4n) is 1.70. The van der Waals surface area contributed by atoms with E-state index in [1.807, 2.05) is 0 Å². The molecule has 0 aliphatic heterocycles. The molecule has 8 nitrogen and oxygen atoms in total. The summed E-state index contributed by atoms with van der Waals surface area (Å²) in [5, 5.41) is 20.4. The van der Waals surface area contributed by atoms with E-state index in [-0.39, 0.29) is 23.9 Å². The highest BCUT2D eigenvalue weighted by atomic mass is 16.6. The van der Waals surface area contributed by atoms with E-state index in [0.29, 0.717) is 0 Å². The lowest BCUT2D eigenvalue weighted by atomic mass is 10.1. The fourth-order valence-corrected chi connectivity index (χ4v) is 1.70. The third-order valence-corrected chi connectivity index (χ3v) is 2.82. The first kappa shape index (κ1) is 16.4. The molecule has 0 aliphatic carbocycles. The number of hydrogen-bond donors (Lipinski definition) is 1. The number of aromatic hydroxyl groups is 1. The molecule has 0 fully saturated rings. The van der Waals surface area contributed by atoms with E-state index < -0.39 is 22.5 Å². The molecule has 0 unspecified atom stereocenters. The predicted octanol–water partition coefficient (Wildman–Crippen LogP) is 1.32. The summed E-state index contributed by atoms with van der Waals surface area (Å²) in [6, 6.07) is 2.79. The largest absolute Gasteiger partial charge is 0.508 e. The minimum atomic E-state index is -0.724. The smallest absolute Gasteiger partial charge is 0.325 e. The van der Waals surface area contributed by atoms with Crippen molar-refractivity contribution in [3.8, 4) is 5.75 Å². The van der Waals surface area contributed by atoms with Crippen LogP contribution in [0.5, 0.6) is 5.75 Å². The second-order valence-corrected chi connectivity index (χ2v) is 4.56. The maximum atomic E-state index is 12.4. The second kappa shape index (κ2) is 6.69. The van der Waals surface area contributed by atoms with Gasteiger partial charge >= 0.3 is 5.97 Å². The van der Waals surface area contributed by atoms with Gasteiger partial charge in [0.15, 0.2) is 0 Å². The SMILES string of the molecule is COC(=O)CN(C(=O)c1cc(O)ccc1[N+](=O)[O-])C(C)C. The number of hydrogen-bond acceptors (Lipinski definition) is 6. The summed E-state index contributed by atoms with van der Waals surface area (Å²) in [7, 11) is 1.18. The van der Waals surface area contributed by atoms with Crippen LogP contribution in [0.4, 0.5) is 5.69 Å². The maximum absolute atomic E-state index is 12.4. The number of esters is 1. The van der Waals surface area contributed by atoms with Crippen molar-refractivity contribution >= 4 is 17.6 Å². The lowest BCUT2D eigenvalue weighted by Gasteiger charge is -2.25. The standard InChI is InChI=1S/C13H16N2O6/c1-8(2)14(7-12(17)21-3)13(18)10-6-9(16)4-5-11(10)15(19)20/h4-6,8,16H,7H2,1-3H3. The summed E-state index contributed by atoms with van der Waals surface area (Å²) in [5.41, 5.74) is -0.717. The number of carbonyl (C=O) groups is 2. The number of phenolic OH excluding ortho intramolecular Hbond substituents is 1. The maximum Gasteiger partial charge on any atom is 0.325 e. The van der Waals surface area contributed by atoms with Crippen LogP contribution < -0.4 is 0 Å². The molecule has 1 amide bonds. The van der Waals surface area contributed by atoms with Gasteiger partial charge in [-0.1, -0.05) is 0 Å². The van der Waals surface area contributed by atoms with Gasteiger partial charge in [-0.25, -0.2) is 0 Å². The Morgan fingerprint density at radius 3 is 2.52 bits per heavy atom. The van der Waals surface area contributed by atoms with E-state index in [2.05, 4.69) is 4.74 Å². The minimum absolute atomic E-state index is 0.272. The molecule has 0 aromatic heterocycles. The first-order valence-corrected chi connectivity index (χ1v) is 6.13. The van der Waals surface area contributed by atoms with Gasteiger partial charge in [0.05, 0.1) is 12.0 Å². The van der Waals surface area contributed by atoms with Gasteiger partial charge in [0, 0.05) is 12.1 Å². The molecular formula is C13H16N2O6. The highest BCUT2D eigenvalue weighted by Gasteiger charge is 2.28.